The minimum absolute atomic E-state index is 0.00887. The van der Waals surface area contributed by atoms with Crippen molar-refractivity contribution in [2.75, 3.05) is 10.6 Å². The summed E-state index contributed by atoms with van der Waals surface area (Å²) in [5.41, 5.74) is 2.87. The SMILES string of the molecule is CCCCC(=O)Nc1ccc(SC(C(=O)Nc2ccc(C(C)=O)cc2)c2ccccc2)cc1. The normalized spacial score (nSPS) is 11.5. The van der Waals surface area contributed by atoms with Crippen molar-refractivity contribution in [1.82, 2.24) is 0 Å². The Hall–Kier alpha value is -3.38. The zero-order valence-corrected chi connectivity index (χ0v) is 19.7. The molecule has 2 amide bonds. The number of ketones is 1. The predicted molar refractivity (Wildman–Crippen MR) is 135 cm³/mol. The van der Waals surface area contributed by atoms with Crippen molar-refractivity contribution in [3.63, 3.8) is 0 Å². The molecule has 0 saturated carbocycles. The number of thioether (sulfide) groups is 1. The zero-order valence-electron chi connectivity index (χ0n) is 18.8. The van der Waals surface area contributed by atoms with Crippen molar-refractivity contribution in [2.45, 2.75) is 43.3 Å². The van der Waals surface area contributed by atoms with Crippen LogP contribution in [-0.4, -0.2) is 17.6 Å². The molecule has 3 rings (SSSR count). The molecule has 6 heteroatoms. The van der Waals surface area contributed by atoms with E-state index in [1.165, 1.54) is 18.7 Å². The third kappa shape index (κ3) is 7.32. The van der Waals surface area contributed by atoms with Gasteiger partial charge in [-0.1, -0.05) is 43.7 Å². The number of Topliss-reactive ketones (excluding diaryl/α,β-unsaturated/α-hetero) is 1. The quantitative estimate of drug-likeness (QED) is 0.268. The number of unbranched alkanes of at least 4 members (excludes halogenated alkanes) is 1. The summed E-state index contributed by atoms with van der Waals surface area (Å²) in [7, 11) is 0. The van der Waals surface area contributed by atoms with Crippen LogP contribution in [0.2, 0.25) is 0 Å². The van der Waals surface area contributed by atoms with Gasteiger partial charge in [-0.2, -0.15) is 0 Å². The number of anilines is 2. The summed E-state index contributed by atoms with van der Waals surface area (Å²) in [6.07, 6.45) is 2.36. The van der Waals surface area contributed by atoms with Gasteiger partial charge in [-0.3, -0.25) is 14.4 Å². The van der Waals surface area contributed by atoms with Crippen LogP contribution in [0.3, 0.4) is 0 Å². The number of hydrogen-bond acceptors (Lipinski definition) is 4. The first-order chi connectivity index (χ1) is 16.0. The molecule has 1 atom stereocenters. The van der Waals surface area contributed by atoms with Crippen molar-refractivity contribution in [3.8, 4) is 0 Å². The summed E-state index contributed by atoms with van der Waals surface area (Å²) >= 11 is 1.44. The molecule has 33 heavy (non-hydrogen) atoms. The first-order valence-corrected chi connectivity index (χ1v) is 11.9. The van der Waals surface area contributed by atoms with Crippen LogP contribution in [0.5, 0.6) is 0 Å². The van der Waals surface area contributed by atoms with E-state index in [4.69, 9.17) is 0 Å². The molecule has 0 aliphatic rings. The molecule has 0 spiro atoms. The van der Waals surface area contributed by atoms with E-state index in [1.807, 2.05) is 54.6 Å². The molecule has 0 aliphatic carbocycles. The molecule has 5 nitrogen and oxygen atoms in total. The Labute approximate surface area is 199 Å². The van der Waals surface area contributed by atoms with Gasteiger partial charge in [-0.15, -0.1) is 11.8 Å². The average Bonchev–Trinajstić information content (AvgIpc) is 2.83. The van der Waals surface area contributed by atoms with Crippen LogP contribution < -0.4 is 10.6 Å². The van der Waals surface area contributed by atoms with Crippen LogP contribution in [0.25, 0.3) is 0 Å². The fraction of sp³-hybridized carbons (Fsp3) is 0.222. The third-order valence-corrected chi connectivity index (χ3v) is 6.32. The Morgan fingerprint density at radius 2 is 1.42 bits per heavy atom. The number of carbonyl (C=O) groups excluding carboxylic acids is 3. The van der Waals surface area contributed by atoms with E-state index in [9.17, 15) is 14.4 Å². The van der Waals surface area contributed by atoms with Gasteiger partial charge in [-0.05, 0) is 67.4 Å². The lowest BCUT2D eigenvalue weighted by molar-refractivity contribution is -0.116. The van der Waals surface area contributed by atoms with Gasteiger partial charge in [0.05, 0.1) is 0 Å². The number of carbonyl (C=O) groups is 3. The Kier molecular flexibility index (Phi) is 8.84. The first kappa shape index (κ1) is 24.3. The highest BCUT2D eigenvalue weighted by Gasteiger charge is 2.22. The van der Waals surface area contributed by atoms with Gasteiger partial charge in [0.15, 0.2) is 5.78 Å². The second-order valence-electron chi connectivity index (χ2n) is 7.71. The average molecular weight is 461 g/mol. The molecule has 170 valence electrons. The highest BCUT2D eigenvalue weighted by atomic mass is 32.2. The Morgan fingerprint density at radius 3 is 2.03 bits per heavy atom. The predicted octanol–water partition coefficient (Wildman–Crippen LogP) is 6.49. The van der Waals surface area contributed by atoms with E-state index in [1.54, 1.807) is 24.3 Å². The molecule has 1 unspecified atom stereocenters. The van der Waals surface area contributed by atoms with Crippen LogP contribution in [0.15, 0.2) is 83.8 Å². The smallest absolute Gasteiger partial charge is 0.242 e. The van der Waals surface area contributed by atoms with Crippen molar-refractivity contribution >= 4 is 40.7 Å². The van der Waals surface area contributed by atoms with Crippen LogP contribution >= 0.6 is 11.8 Å². The van der Waals surface area contributed by atoms with Crippen LogP contribution in [0.1, 0.15) is 54.3 Å². The maximum atomic E-state index is 13.2. The molecule has 0 aromatic heterocycles. The molecule has 0 bridgehead atoms. The fourth-order valence-corrected chi connectivity index (χ4v) is 4.24. The van der Waals surface area contributed by atoms with Gasteiger partial charge in [0.25, 0.3) is 0 Å². The lowest BCUT2D eigenvalue weighted by atomic mass is 10.1. The summed E-state index contributed by atoms with van der Waals surface area (Å²) in [5, 5.41) is 5.39. The highest BCUT2D eigenvalue weighted by molar-refractivity contribution is 8.00. The lowest BCUT2D eigenvalue weighted by Gasteiger charge is -2.17. The van der Waals surface area contributed by atoms with E-state index in [-0.39, 0.29) is 17.6 Å². The van der Waals surface area contributed by atoms with Crippen LogP contribution in [0, 0.1) is 0 Å². The number of amides is 2. The van der Waals surface area contributed by atoms with Crippen molar-refractivity contribution in [3.05, 3.63) is 90.0 Å². The van der Waals surface area contributed by atoms with Gasteiger partial charge in [-0.25, -0.2) is 0 Å². The standard InChI is InChI=1S/C27H28N2O3S/c1-3-4-10-25(31)28-22-15-17-24(18-16-22)33-26(21-8-6-5-7-9-21)27(32)29-23-13-11-20(12-14-23)19(2)30/h5-9,11-18,26H,3-4,10H2,1-2H3,(H,28,31)(H,29,32). The number of nitrogens with one attached hydrogen (secondary N) is 2. The van der Waals surface area contributed by atoms with E-state index in [0.717, 1.165) is 29.0 Å². The summed E-state index contributed by atoms with van der Waals surface area (Å²) in [6, 6.07) is 24.0. The monoisotopic (exact) mass is 460 g/mol. The van der Waals surface area contributed by atoms with E-state index < -0.39 is 5.25 Å². The van der Waals surface area contributed by atoms with Gasteiger partial charge in [0.1, 0.15) is 5.25 Å². The largest absolute Gasteiger partial charge is 0.326 e. The minimum atomic E-state index is -0.469. The molecular weight excluding hydrogens is 432 g/mol. The topological polar surface area (TPSA) is 75.3 Å². The van der Waals surface area contributed by atoms with Gasteiger partial charge < -0.3 is 10.6 Å². The molecule has 3 aromatic rings. The highest BCUT2D eigenvalue weighted by Crippen LogP contribution is 2.36. The maximum Gasteiger partial charge on any atom is 0.242 e. The summed E-state index contributed by atoms with van der Waals surface area (Å²) < 4.78 is 0. The van der Waals surface area contributed by atoms with Crippen LogP contribution in [0.4, 0.5) is 11.4 Å². The maximum absolute atomic E-state index is 13.2. The van der Waals surface area contributed by atoms with Crippen molar-refractivity contribution in [2.24, 2.45) is 0 Å². The lowest BCUT2D eigenvalue weighted by Crippen LogP contribution is -2.19. The van der Waals surface area contributed by atoms with Gasteiger partial charge in [0, 0.05) is 28.3 Å². The summed E-state index contributed by atoms with van der Waals surface area (Å²) in [6.45, 7) is 3.57. The number of rotatable bonds is 10. The van der Waals surface area contributed by atoms with Crippen LogP contribution in [-0.2, 0) is 9.59 Å². The minimum Gasteiger partial charge on any atom is -0.326 e. The van der Waals surface area contributed by atoms with E-state index in [0.29, 0.717) is 17.7 Å². The number of benzene rings is 3. The molecule has 0 saturated heterocycles. The molecule has 0 aliphatic heterocycles. The zero-order chi connectivity index (χ0) is 23.6. The second kappa shape index (κ2) is 12.0. The fourth-order valence-electron chi connectivity index (χ4n) is 3.21. The third-order valence-electron chi connectivity index (χ3n) is 5.05. The van der Waals surface area contributed by atoms with Gasteiger partial charge in [0.2, 0.25) is 11.8 Å². The molecule has 3 aromatic carbocycles. The van der Waals surface area contributed by atoms with Crippen molar-refractivity contribution < 1.29 is 14.4 Å². The Balaban J connectivity index is 1.72. The second-order valence-corrected chi connectivity index (χ2v) is 8.89. The summed E-state index contributed by atoms with van der Waals surface area (Å²) in [5.74, 6) is -0.163. The molecule has 2 N–H and O–H groups in total. The molecule has 0 fully saturated rings. The first-order valence-electron chi connectivity index (χ1n) is 11.0. The van der Waals surface area contributed by atoms with Gasteiger partial charge >= 0.3 is 0 Å². The Morgan fingerprint density at radius 1 is 0.818 bits per heavy atom. The summed E-state index contributed by atoms with van der Waals surface area (Å²) in [4.78, 5) is 37.6. The molecule has 0 heterocycles. The van der Waals surface area contributed by atoms with Crippen molar-refractivity contribution in [1.29, 1.82) is 0 Å². The van der Waals surface area contributed by atoms with E-state index >= 15 is 0 Å². The van der Waals surface area contributed by atoms with E-state index in [2.05, 4.69) is 17.6 Å². The Bertz CT molecular complexity index is 1080. The number of hydrogen-bond donors (Lipinski definition) is 2. The molecule has 0 radical (unpaired) electrons. The molecular formula is C27H28N2O3S.